The normalized spacial score (nSPS) is 11.3. The van der Waals surface area contributed by atoms with E-state index in [9.17, 15) is 10.5 Å². The van der Waals surface area contributed by atoms with Crippen LogP contribution in [0.4, 0.5) is 0 Å². The standard InChI is InChI=1S/C32H17N3S/c33-18-20-10-13-29-26(15-20)24-5-1-3-7-28(24)35(29)30-16-21(19-34)9-12-23(30)22-11-14-32-27(17-22)25-6-2-4-8-31(25)36-32/h1-17H. The number of fused-ring (bicyclic) bond motifs is 6. The average molecular weight is 476 g/mol. The number of hydrogen-bond acceptors (Lipinski definition) is 3. The summed E-state index contributed by atoms with van der Waals surface area (Å²) in [7, 11) is 0. The van der Waals surface area contributed by atoms with E-state index >= 15 is 0 Å². The largest absolute Gasteiger partial charge is 0.309 e. The maximum Gasteiger partial charge on any atom is 0.0992 e. The zero-order valence-electron chi connectivity index (χ0n) is 19.1. The van der Waals surface area contributed by atoms with Gasteiger partial charge in [-0.05, 0) is 60.2 Å². The molecule has 0 aliphatic carbocycles. The summed E-state index contributed by atoms with van der Waals surface area (Å²) < 4.78 is 4.76. The smallest absolute Gasteiger partial charge is 0.0992 e. The van der Waals surface area contributed by atoms with Crippen LogP contribution in [0.2, 0.25) is 0 Å². The fourth-order valence-electron chi connectivity index (χ4n) is 5.23. The molecule has 7 rings (SSSR count). The predicted octanol–water partition coefficient (Wildman–Crippen LogP) is 8.56. The van der Waals surface area contributed by atoms with Gasteiger partial charge in [-0.1, -0.05) is 48.5 Å². The van der Waals surface area contributed by atoms with Crippen LogP contribution in [0.1, 0.15) is 11.1 Å². The molecule has 0 aliphatic heterocycles. The minimum absolute atomic E-state index is 0.607. The van der Waals surface area contributed by atoms with E-state index in [4.69, 9.17) is 0 Å². The maximum absolute atomic E-state index is 9.75. The number of para-hydroxylation sites is 1. The van der Waals surface area contributed by atoms with Gasteiger partial charge in [0.2, 0.25) is 0 Å². The molecule has 7 aromatic rings. The molecule has 0 radical (unpaired) electrons. The highest BCUT2D eigenvalue weighted by Gasteiger charge is 2.17. The molecule has 0 atom stereocenters. The summed E-state index contributed by atoms with van der Waals surface area (Å²) in [5.74, 6) is 0. The Morgan fingerprint density at radius 2 is 1.25 bits per heavy atom. The van der Waals surface area contributed by atoms with Gasteiger partial charge in [-0.15, -0.1) is 11.3 Å². The molecule has 0 amide bonds. The fraction of sp³-hybridized carbons (Fsp3) is 0. The van der Waals surface area contributed by atoms with Crippen molar-refractivity contribution in [1.82, 2.24) is 4.57 Å². The maximum atomic E-state index is 9.75. The topological polar surface area (TPSA) is 52.5 Å². The molecule has 3 nitrogen and oxygen atoms in total. The first-order valence-corrected chi connectivity index (χ1v) is 12.5. The van der Waals surface area contributed by atoms with Crippen molar-refractivity contribution < 1.29 is 0 Å². The quantitative estimate of drug-likeness (QED) is 0.251. The molecule has 0 N–H and O–H groups in total. The second-order valence-electron chi connectivity index (χ2n) is 8.85. The molecule has 0 fully saturated rings. The summed E-state index contributed by atoms with van der Waals surface area (Å²) in [4.78, 5) is 0. The van der Waals surface area contributed by atoms with Crippen molar-refractivity contribution in [2.45, 2.75) is 0 Å². The van der Waals surface area contributed by atoms with Gasteiger partial charge in [-0.2, -0.15) is 10.5 Å². The highest BCUT2D eigenvalue weighted by molar-refractivity contribution is 7.25. The van der Waals surface area contributed by atoms with E-state index in [0.717, 1.165) is 38.6 Å². The summed E-state index contributed by atoms with van der Waals surface area (Å²) in [6.45, 7) is 0. The Labute approximate surface area is 211 Å². The molecule has 0 saturated carbocycles. The molecular weight excluding hydrogens is 458 g/mol. The Morgan fingerprint density at radius 3 is 2.11 bits per heavy atom. The summed E-state index contributed by atoms with van der Waals surface area (Å²) in [6, 6.07) is 39.7. The first-order valence-electron chi connectivity index (χ1n) is 11.6. The molecule has 2 heterocycles. The second kappa shape index (κ2) is 7.82. The van der Waals surface area contributed by atoms with Gasteiger partial charge >= 0.3 is 0 Å². The van der Waals surface area contributed by atoms with E-state index in [-0.39, 0.29) is 0 Å². The van der Waals surface area contributed by atoms with Crippen LogP contribution in [0.25, 0.3) is 58.8 Å². The van der Waals surface area contributed by atoms with E-state index in [0.29, 0.717) is 11.1 Å². The fourth-order valence-corrected chi connectivity index (χ4v) is 6.31. The molecule has 0 saturated heterocycles. The average Bonchev–Trinajstić information content (AvgIpc) is 3.47. The second-order valence-corrected chi connectivity index (χ2v) is 9.93. The van der Waals surface area contributed by atoms with Crippen LogP contribution in [0, 0.1) is 22.7 Å². The van der Waals surface area contributed by atoms with Crippen molar-refractivity contribution >= 4 is 53.3 Å². The van der Waals surface area contributed by atoms with Crippen LogP contribution in [-0.4, -0.2) is 4.57 Å². The van der Waals surface area contributed by atoms with E-state index in [1.54, 1.807) is 11.3 Å². The number of thiophene rings is 1. The molecule has 36 heavy (non-hydrogen) atoms. The highest BCUT2D eigenvalue weighted by Crippen LogP contribution is 2.40. The minimum atomic E-state index is 0.607. The molecule has 2 aromatic heterocycles. The van der Waals surface area contributed by atoms with Gasteiger partial charge in [0.15, 0.2) is 0 Å². The van der Waals surface area contributed by atoms with Gasteiger partial charge in [0.25, 0.3) is 0 Å². The van der Waals surface area contributed by atoms with Gasteiger partial charge in [0.1, 0.15) is 0 Å². The molecule has 0 unspecified atom stereocenters. The lowest BCUT2D eigenvalue weighted by Crippen LogP contribution is -1.98. The van der Waals surface area contributed by atoms with Gasteiger partial charge in [-0.25, -0.2) is 0 Å². The summed E-state index contributed by atoms with van der Waals surface area (Å²) in [5.41, 5.74) is 6.39. The molecule has 0 aliphatic rings. The molecule has 5 aromatic carbocycles. The Balaban J connectivity index is 1.57. The highest BCUT2D eigenvalue weighted by atomic mass is 32.1. The Kier molecular flexibility index (Phi) is 4.45. The Morgan fingerprint density at radius 1 is 0.556 bits per heavy atom. The Bertz CT molecular complexity index is 2080. The Hall–Kier alpha value is -4.90. The molecule has 0 bridgehead atoms. The van der Waals surface area contributed by atoms with Gasteiger partial charge in [0.05, 0.1) is 40.0 Å². The van der Waals surface area contributed by atoms with Crippen molar-refractivity contribution in [2.24, 2.45) is 0 Å². The molecular formula is C32H17N3S. The lowest BCUT2D eigenvalue weighted by atomic mass is 9.99. The van der Waals surface area contributed by atoms with Crippen LogP contribution in [0.15, 0.2) is 103 Å². The van der Waals surface area contributed by atoms with Crippen LogP contribution in [0.5, 0.6) is 0 Å². The first-order chi connectivity index (χ1) is 17.7. The number of rotatable bonds is 2. The van der Waals surface area contributed by atoms with Crippen molar-refractivity contribution in [2.75, 3.05) is 0 Å². The predicted molar refractivity (Wildman–Crippen MR) is 149 cm³/mol. The van der Waals surface area contributed by atoms with Crippen molar-refractivity contribution in [3.05, 3.63) is 114 Å². The van der Waals surface area contributed by atoms with Crippen LogP contribution < -0.4 is 0 Å². The number of aromatic nitrogens is 1. The van der Waals surface area contributed by atoms with Crippen molar-refractivity contribution in [1.29, 1.82) is 10.5 Å². The zero-order valence-corrected chi connectivity index (χ0v) is 19.9. The zero-order chi connectivity index (χ0) is 24.2. The number of nitrogens with zero attached hydrogens (tertiary/aromatic N) is 3. The van der Waals surface area contributed by atoms with E-state index in [1.165, 1.54) is 20.2 Å². The molecule has 0 spiro atoms. The van der Waals surface area contributed by atoms with E-state index in [1.807, 2.05) is 48.5 Å². The van der Waals surface area contributed by atoms with Crippen LogP contribution >= 0.6 is 11.3 Å². The first kappa shape index (κ1) is 20.5. The van der Waals surface area contributed by atoms with Crippen molar-refractivity contribution in [3.8, 4) is 29.0 Å². The monoisotopic (exact) mass is 475 g/mol. The summed E-state index contributed by atoms with van der Waals surface area (Å²) in [5, 5.41) is 23.9. The van der Waals surface area contributed by atoms with Gasteiger partial charge < -0.3 is 4.57 Å². The van der Waals surface area contributed by atoms with Gasteiger partial charge in [0, 0.05) is 36.5 Å². The van der Waals surface area contributed by atoms with Gasteiger partial charge in [-0.3, -0.25) is 0 Å². The lowest BCUT2D eigenvalue weighted by molar-refractivity contribution is 1.18. The third kappa shape index (κ3) is 2.96. The number of nitriles is 2. The van der Waals surface area contributed by atoms with E-state index < -0.39 is 0 Å². The SMILES string of the molecule is N#Cc1ccc(-c2ccc3sc4ccccc4c3c2)c(-n2c3ccccc3c3cc(C#N)ccc32)c1. The third-order valence-electron chi connectivity index (χ3n) is 6.86. The molecule has 4 heteroatoms. The van der Waals surface area contributed by atoms with Crippen LogP contribution in [0.3, 0.4) is 0 Å². The molecule has 166 valence electrons. The minimum Gasteiger partial charge on any atom is -0.309 e. The lowest BCUT2D eigenvalue weighted by Gasteiger charge is -2.15. The summed E-state index contributed by atoms with van der Waals surface area (Å²) >= 11 is 1.81. The summed E-state index contributed by atoms with van der Waals surface area (Å²) in [6.07, 6.45) is 0. The van der Waals surface area contributed by atoms with Crippen LogP contribution in [-0.2, 0) is 0 Å². The van der Waals surface area contributed by atoms with E-state index in [2.05, 4.69) is 71.3 Å². The number of benzene rings is 5. The third-order valence-corrected chi connectivity index (χ3v) is 8.01. The van der Waals surface area contributed by atoms with Crippen molar-refractivity contribution in [3.63, 3.8) is 0 Å². The number of hydrogen-bond donors (Lipinski definition) is 0.